The van der Waals surface area contributed by atoms with Crippen LogP contribution < -0.4 is 14.5 Å². The molecular formula is C28H32ClN3O3S. The SMILES string of the molecule is Cc1cc(Cl)ccc1N(CC(=O)NC(C)c1ccc(N2CCCCC2)cc1)S(=O)(=O)c1ccccc1. The second-order valence-electron chi connectivity index (χ2n) is 9.18. The first-order chi connectivity index (χ1) is 17.3. The molecule has 1 aliphatic rings. The maximum Gasteiger partial charge on any atom is 0.264 e. The van der Waals surface area contributed by atoms with Gasteiger partial charge in [-0.1, -0.05) is 41.9 Å². The quantitative estimate of drug-likeness (QED) is 0.409. The summed E-state index contributed by atoms with van der Waals surface area (Å²) in [5.74, 6) is -0.392. The Balaban J connectivity index is 1.52. The molecule has 1 amide bonds. The van der Waals surface area contributed by atoms with Crippen molar-refractivity contribution in [2.75, 3.05) is 28.8 Å². The normalized spacial score (nSPS) is 14.8. The van der Waals surface area contributed by atoms with E-state index in [-0.39, 0.29) is 17.5 Å². The second kappa shape index (κ2) is 11.4. The van der Waals surface area contributed by atoms with Gasteiger partial charge in [-0.15, -0.1) is 0 Å². The Labute approximate surface area is 218 Å². The van der Waals surface area contributed by atoms with Crippen molar-refractivity contribution in [3.05, 3.63) is 88.9 Å². The van der Waals surface area contributed by atoms with Crippen molar-refractivity contribution in [2.45, 2.75) is 44.0 Å². The van der Waals surface area contributed by atoms with Gasteiger partial charge < -0.3 is 10.2 Å². The van der Waals surface area contributed by atoms with E-state index in [9.17, 15) is 13.2 Å². The molecule has 4 rings (SSSR count). The van der Waals surface area contributed by atoms with Crippen LogP contribution in [-0.2, 0) is 14.8 Å². The van der Waals surface area contributed by atoms with Gasteiger partial charge in [-0.2, -0.15) is 0 Å². The molecule has 190 valence electrons. The van der Waals surface area contributed by atoms with Crippen molar-refractivity contribution in [1.29, 1.82) is 0 Å². The number of piperidine rings is 1. The number of carbonyl (C=O) groups is 1. The van der Waals surface area contributed by atoms with Gasteiger partial charge in [-0.05, 0) is 86.7 Å². The molecule has 3 aromatic carbocycles. The molecule has 3 aromatic rings. The number of benzene rings is 3. The Morgan fingerprint density at radius 3 is 2.31 bits per heavy atom. The molecule has 0 aromatic heterocycles. The molecule has 1 aliphatic heterocycles. The zero-order valence-electron chi connectivity index (χ0n) is 20.7. The number of rotatable bonds is 8. The third kappa shape index (κ3) is 6.02. The number of nitrogens with one attached hydrogen (secondary N) is 1. The number of anilines is 2. The summed E-state index contributed by atoms with van der Waals surface area (Å²) in [5.41, 5.74) is 3.23. The molecule has 0 bridgehead atoms. The molecular weight excluding hydrogens is 494 g/mol. The number of aryl methyl sites for hydroxylation is 1. The number of hydrogen-bond acceptors (Lipinski definition) is 4. The summed E-state index contributed by atoms with van der Waals surface area (Å²) in [7, 11) is -3.98. The van der Waals surface area contributed by atoms with Crippen molar-refractivity contribution < 1.29 is 13.2 Å². The van der Waals surface area contributed by atoms with Crippen molar-refractivity contribution in [3.63, 3.8) is 0 Å². The van der Waals surface area contributed by atoms with Gasteiger partial charge in [0.2, 0.25) is 5.91 Å². The first-order valence-corrected chi connectivity index (χ1v) is 14.1. The van der Waals surface area contributed by atoms with Gasteiger partial charge in [0.15, 0.2) is 0 Å². The second-order valence-corrected chi connectivity index (χ2v) is 11.5. The lowest BCUT2D eigenvalue weighted by Crippen LogP contribution is -2.41. The van der Waals surface area contributed by atoms with Gasteiger partial charge in [0.25, 0.3) is 10.0 Å². The van der Waals surface area contributed by atoms with Gasteiger partial charge in [-0.3, -0.25) is 9.10 Å². The molecule has 0 spiro atoms. The fourth-order valence-electron chi connectivity index (χ4n) is 4.54. The summed E-state index contributed by atoms with van der Waals surface area (Å²) in [6.07, 6.45) is 3.71. The third-order valence-electron chi connectivity index (χ3n) is 6.54. The maximum atomic E-state index is 13.6. The van der Waals surface area contributed by atoms with Gasteiger partial charge in [0.05, 0.1) is 16.6 Å². The predicted octanol–water partition coefficient (Wildman–Crippen LogP) is 5.71. The Hall–Kier alpha value is -3.03. The zero-order chi connectivity index (χ0) is 25.7. The number of amides is 1. The standard InChI is InChI=1S/C28H32ClN3O3S/c1-21-19-24(29)13-16-27(21)32(36(34,35)26-9-5-3-6-10-26)20-28(33)30-22(2)23-11-14-25(15-12-23)31-17-7-4-8-18-31/h3,5-6,9-16,19,22H,4,7-8,17-18,20H2,1-2H3,(H,30,33). The minimum atomic E-state index is -3.98. The monoisotopic (exact) mass is 525 g/mol. The van der Waals surface area contributed by atoms with Crippen LogP contribution >= 0.6 is 11.6 Å². The van der Waals surface area contributed by atoms with E-state index in [0.717, 1.165) is 23.0 Å². The summed E-state index contributed by atoms with van der Waals surface area (Å²) in [5, 5.41) is 3.46. The van der Waals surface area contributed by atoms with Crippen LogP contribution in [0.1, 0.15) is 43.4 Å². The fourth-order valence-corrected chi connectivity index (χ4v) is 6.28. The average molecular weight is 526 g/mol. The lowest BCUT2D eigenvalue weighted by Gasteiger charge is -2.29. The van der Waals surface area contributed by atoms with E-state index in [0.29, 0.717) is 16.3 Å². The van der Waals surface area contributed by atoms with Crippen LogP contribution in [0.25, 0.3) is 0 Å². The van der Waals surface area contributed by atoms with Crippen LogP contribution in [0.15, 0.2) is 77.7 Å². The van der Waals surface area contributed by atoms with E-state index < -0.39 is 15.9 Å². The van der Waals surface area contributed by atoms with E-state index in [2.05, 4.69) is 22.3 Å². The van der Waals surface area contributed by atoms with E-state index >= 15 is 0 Å². The van der Waals surface area contributed by atoms with Crippen LogP contribution in [0.5, 0.6) is 0 Å². The highest BCUT2D eigenvalue weighted by atomic mass is 35.5. The molecule has 1 saturated heterocycles. The summed E-state index contributed by atoms with van der Waals surface area (Å²) < 4.78 is 28.3. The number of halogens is 1. The molecule has 1 unspecified atom stereocenters. The zero-order valence-corrected chi connectivity index (χ0v) is 22.2. The minimum absolute atomic E-state index is 0.119. The number of hydrogen-bond donors (Lipinski definition) is 1. The van der Waals surface area contributed by atoms with E-state index in [1.165, 1.54) is 37.1 Å². The van der Waals surface area contributed by atoms with Crippen molar-refractivity contribution in [2.24, 2.45) is 0 Å². The Kier molecular flexibility index (Phi) is 8.21. The number of nitrogens with zero attached hydrogens (tertiary/aromatic N) is 2. The van der Waals surface area contributed by atoms with E-state index in [1.807, 2.05) is 19.1 Å². The molecule has 36 heavy (non-hydrogen) atoms. The highest BCUT2D eigenvalue weighted by Gasteiger charge is 2.28. The van der Waals surface area contributed by atoms with Gasteiger partial charge >= 0.3 is 0 Å². The summed E-state index contributed by atoms with van der Waals surface area (Å²) in [4.78, 5) is 15.6. The molecule has 0 saturated carbocycles. The smallest absolute Gasteiger partial charge is 0.264 e. The Morgan fingerprint density at radius 2 is 1.67 bits per heavy atom. The summed E-state index contributed by atoms with van der Waals surface area (Å²) in [6.45, 7) is 5.47. The van der Waals surface area contributed by atoms with Gasteiger partial charge in [0, 0.05) is 23.8 Å². The first kappa shape index (κ1) is 26.0. The molecule has 0 aliphatic carbocycles. The molecule has 8 heteroatoms. The van der Waals surface area contributed by atoms with Crippen LogP contribution in [0, 0.1) is 6.92 Å². The predicted molar refractivity (Wildman–Crippen MR) is 146 cm³/mol. The molecule has 1 N–H and O–H groups in total. The van der Waals surface area contributed by atoms with E-state index in [4.69, 9.17) is 11.6 Å². The van der Waals surface area contributed by atoms with Crippen LogP contribution in [0.3, 0.4) is 0 Å². The topological polar surface area (TPSA) is 69.7 Å². The van der Waals surface area contributed by atoms with Crippen molar-refractivity contribution in [1.82, 2.24) is 5.32 Å². The Morgan fingerprint density at radius 1 is 1.00 bits per heavy atom. The summed E-state index contributed by atoms with van der Waals surface area (Å²) >= 11 is 6.11. The van der Waals surface area contributed by atoms with Crippen molar-refractivity contribution >= 4 is 38.9 Å². The highest BCUT2D eigenvalue weighted by molar-refractivity contribution is 7.92. The molecule has 6 nitrogen and oxygen atoms in total. The Bertz CT molecular complexity index is 1290. The lowest BCUT2D eigenvalue weighted by molar-refractivity contribution is -0.120. The fraction of sp³-hybridized carbons (Fsp3) is 0.321. The van der Waals surface area contributed by atoms with Crippen LogP contribution in [-0.4, -0.2) is 34.0 Å². The number of carbonyl (C=O) groups excluding carboxylic acids is 1. The molecule has 1 fully saturated rings. The average Bonchev–Trinajstić information content (AvgIpc) is 2.89. The van der Waals surface area contributed by atoms with Gasteiger partial charge in [0.1, 0.15) is 6.54 Å². The van der Waals surface area contributed by atoms with Gasteiger partial charge in [-0.25, -0.2) is 8.42 Å². The largest absolute Gasteiger partial charge is 0.372 e. The molecule has 0 radical (unpaired) electrons. The minimum Gasteiger partial charge on any atom is -0.372 e. The molecule has 1 atom stereocenters. The summed E-state index contributed by atoms with van der Waals surface area (Å²) in [6, 6.07) is 21.0. The number of sulfonamides is 1. The first-order valence-electron chi connectivity index (χ1n) is 12.2. The highest BCUT2D eigenvalue weighted by Crippen LogP contribution is 2.29. The maximum absolute atomic E-state index is 13.6. The van der Waals surface area contributed by atoms with Crippen LogP contribution in [0.2, 0.25) is 5.02 Å². The third-order valence-corrected chi connectivity index (χ3v) is 8.55. The van der Waals surface area contributed by atoms with Crippen molar-refractivity contribution in [3.8, 4) is 0 Å². The van der Waals surface area contributed by atoms with Crippen LogP contribution in [0.4, 0.5) is 11.4 Å². The van der Waals surface area contributed by atoms with E-state index in [1.54, 1.807) is 43.3 Å². The lowest BCUT2D eigenvalue weighted by atomic mass is 10.1. The molecule has 1 heterocycles.